The van der Waals surface area contributed by atoms with Crippen molar-refractivity contribution in [3.63, 3.8) is 0 Å². The summed E-state index contributed by atoms with van der Waals surface area (Å²) in [4.78, 5) is 0. The van der Waals surface area contributed by atoms with Crippen molar-refractivity contribution in [2.45, 2.75) is 25.6 Å². The van der Waals surface area contributed by atoms with Crippen LogP contribution in [0.2, 0.25) is 0 Å². The highest BCUT2D eigenvalue weighted by Gasteiger charge is 2.18. The minimum Gasteiger partial charge on any atom is -0.272 e. The molecule has 0 amide bonds. The first kappa shape index (κ1) is 13.2. The van der Waals surface area contributed by atoms with Crippen molar-refractivity contribution in [2.24, 2.45) is 13.0 Å². The molecule has 2 unspecified atom stereocenters. The zero-order valence-electron chi connectivity index (χ0n) is 11.1. The van der Waals surface area contributed by atoms with Gasteiger partial charge < -0.3 is 0 Å². The van der Waals surface area contributed by atoms with Gasteiger partial charge in [0.15, 0.2) is 0 Å². The maximum Gasteiger partial charge on any atom is 0.0614 e. The number of nitrogens with zero attached hydrogens (tertiary/aromatic N) is 2. The first-order valence-electron chi connectivity index (χ1n) is 6.26. The molecule has 0 aliphatic rings. The van der Waals surface area contributed by atoms with Gasteiger partial charge in [-0.1, -0.05) is 37.3 Å². The summed E-state index contributed by atoms with van der Waals surface area (Å²) < 4.78 is 1.94. The number of hydrogen-bond donors (Lipinski definition) is 0. The largest absolute Gasteiger partial charge is 0.272 e. The van der Waals surface area contributed by atoms with Crippen LogP contribution in [0, 0.1) is 12.8 Å². The van der Waals surface area contributed by atoms with Crippen LogP contribution in [0.25, 0.3) is 0 Å². The summed E-state index contributed by atoms with van der Waals surface area (Å²) in [5, 5.41) is 4.41. The molecule has 1 heterocycles. The molecule has 0 saturated carbocycles. The van der Waals surface area contributed by atoms with Crippen molar-refractivity contribution in [2.75, 3.05) is 0 Å². The predicted octanol–water partition coefficient (Wildman–Crippen LogP) is 3.89. The van der Waals surface area contributed by atoms with Crippen molar-refractivity contribution in [3.8, 4) is 0 Å². The van der Waals surface area contributed by atoms with E-state index in [2.05, 4.69) is 30.2 Å². The van der Waals surface area contributed by atoms with Crippen molar-refractivity contribution in [3.05, 3.63) is 53.3 Å². The maximum absolute atomic E-state index is 6.54. The Morgan fingerprint density at radius 1 is 1.28 bits per heavy atom. The van der Waals surface area contributed by atoms with Crippen LogP contribution in [0.15, 0.2) is 36.4 Å². The maximum atomic E-state index is 6.54. The van der Waals surface area contributed by atoms with Crippen LogP contribution in [0.1, 0.15) is 29.3 Å². The number of hydrogen-bond acceptors (Lipinski definition) is 1. The standard InChI is InChI=1S/C15H19ClN2/c1-11(9-14-10-12(2)17-18(14)3)15(16)13-7-5-4-6-8-13/h4-8,10-11,15H,9H2,1-3H3. The van der Waals surface area contributed by atoms with E-state index in [-0.39, 0.29) is 5.38 Å². The van der Waals surface area contributed by atoms with Crippen molar-refractivity contribution in [1.82, 2.24) is 9.78 Å². The number of alkyl halides is 1. The zero-order chi connectivity index (χ0) is 13.1. The molecule has 0 N–H and O–H groups in total. The SMILES string of the molecule is Cc1cc(CC(C)C(Cl)c2ccccc2)n(C)n1. The Bertz CT molecular complexity index is 504. The third-order valence-corrected chi connectivity index (χ3v) is 3.93. The number of aromatic nitrogens is 2. The van der Waals surface area contributed by atoms with Gasteiger partial charge >= 0.3 is 0 Å². The number of benzene rings is 1. The first-order chi connectivity index (χ1) is 8.58. The summed E-state index contributed by atoms with van der Waals surface area (Å²) in [6.45, 7) is 4.20. The lowest BCUT2D eigenvalue weighted by Crippen LogP contribution is -2.10. The topological polar surface area (TPSA) is 17.8 Å². The Morgan fingerprint density at radius 2 is 1.94 bits per heavy atom. The predicted molar refractivity (Wildman–Crippen MR) is 75.8 cm³/mol. The molecular formula is C15H19ClN2. The normalized spacial score (nSPS) is 14.4. The third kappa shape index (κ3) is 2.94. The molecule has 1 aromatic heterocycles. The summed E-state index contributed by atoms with van der Waals surface area (Å²) in [6.07, 6.45) is 0.945. The zero-order valence-corrected chi connectivity index (χ0v) is 11.9. The van der Waals surface area contributed by atoms with Crippen LogP contribution in [-0.2, 0) is 13.5 Å². The Kier molecular flexibility index (Phi) is 4.07. The molecule has 0 spiro atoms. The lowest BCUT2D eigenvalue weighted by atomic mass is 9.96. The molecule has 1 aromatic carbocycles. The fourth-order valence-corrected chi connectivity index (χ4v) is 2.49. The van der Waals surface area contributed by atoms with Gasteiger partial charge in [-0.05, 0) is 30.9 Å². The highest BCUT2D eigenvalue weighted by molar-refractivity contribution is 6.21. The van der Waals surface area contributed by atoms with Gasteiger partial charge in [-0.2, -0.15) is 5.10 Å². The highest BCUT2D eigenvalue weighted by atomic mass is 35.5. The Morgan fingerprint density at radius 3 is 2.50 bits per heavy atom. The van der Waals surface area contributed by atoms with E-state index in [4.69, 9.17) is 11.6 Å². The van der Waals surface area contributed by atoms with Gasteiger partial charge in [0, 0.05) is 12.7 Å². The summed E-state index contributed by atoms with van der Waals surface area (Å²) in [5.41, 5.74) is 3.48. The molecule has 2 atom stereocenters. The van der Waals surface area contributed by atoms with Gasteiger partial charge in [-0.25, -0.2) is 0 Å². The van der Waals surface area contributed by atoms with Crippen LogP contribution in [0.4, 0.5) is 0 Å². The first-order valence-corrected chi connectivity index (χ1v) is 6.70. The van der Waals surface area contributed by atoms with Gasteiger partial charge in [-0.15, -0.1) is 11.6 Å². The van der Waals surface area contributed by atoms with E-state index in [1.807, 2.05) is 36.9 Å². The molecule has 0 aliphatic carbocycles. The average Bonchev–Trinajstić information content (AvgIpc) is 2.68. The Labute approximate surface area is 114 Å². The van der Waals surface area contributed by atoms with E-state index < -0.39 is 0 Å². The molecule has 2 rings (SSSR count). The van der Waals surface area contributed by atoms with Gasteiger partial charge in [0.1, 0.15) is 0 Å². The molecular weight excluding hydrogens is 244 g/mol. The van der Waals surface area contributed by atoms with Crippen LogP contribution >= 0.6 is 11.6 Å². The minimum absolute atomic E-state index is 0.0430. The molecule has 2 nitrogen and oxygen atoms in total. The van der Waals surface area contributed by atoms with E-state index in [1.165, 1.54) is 11.3 Å². The number of rotatable bonds is 4. The number of aryl methyl sites for hydroxylation is 2. The smallest absolute Gasteiger partial charge is 0.0614 e. The van der Waals surface area contributed by atoms with Gasteiger partial charge in [-0.3, -0.25) is 4.68 Å². The average molecular weight is 263 g/mol. The minimum atomic E-state index is 0.0430. The van der Waals surface area contributed by atoms with Crippen molar-refractivity contribution < 1.29 is 0 Å². The second-order valence-electron chi connectivity index (χ2n) is 4.89. The molecule has 0 radical (unpaired) electrons. The quantitative estimate of drug-likeness (QED) is 0.765. The van der Waals surface area contributed by atoms with Crippen LogP contribution < -0.4 is 0 Å². The fourth-order valence-electron chi connectivity index (χ4n) is 2.25. The van der Waals surface area contributed by atoms with Gasteiger partial charge in [0.05, 0.1) is 11.1 Å². The van der Waals surface area contributed by atoms with Crippen LogP contribution in [-0.4, -0.2) is 9.78 Å². The molecule has 2 aromatic rings. The lowest BCUT2D eigenvalue weighted by Gasteiger charge is -2.18. The van der Waals surface area contributed by atoms with Crippen LogP contribution in [0.3, 0.4) is 0 Å². The third-order valence-electron chi connectivity index (χ3n) is 3.25. The molecule has 0 bridgehead atoms. The monoisotopic (exact) mass is 262 g/mol. The molecule has 0 aliphatic heterocycles. The lowest BCUT2D eigenvalue weighted by molar-refractivity contribution is 0.531. The molecule has 18 heavy (non-hydrogen) atoms. The van der Waals surface area contributed by atoms with Crippen molar-refractivity contribution >= 4 is 11.6 Å². The molecule has 0 fully saturated rings. The van der Waals surface area contributed by atoms with E-state index in [9.17, 15) is 0 Å². The van der Waals surface area contributed by atoms with Crippen LogP contribution in [0.5, 0.6) is 0 Å². The second-order valence-corrected chi connectivity index (χ2v) is 5.36. The van der Waals surface area contributed by atoms with E-state index in [0.717, 1.165) is 12.1 Å². The van der Waals surface area contributed by atoms with E-state index in [1.54, 1.807) is 0 Å². The fraction of sp³-hybridized carbons (Fsp3) is 0.400. The Hall–Kier alpha value is -1.28. The molecule has 96 valence electrons. The molecule has 0 saturated heterocycles. The van der Waals surface area contributed by atoms with Gasteiger partial charge in [0.2, 0.25) is 0 Å². The Balaban J connectivity index is 2.08. The highest BCUT2D eigenvalue weighted by Crippen LogP contribution is 2.30. The van der Waals surface area contributed by atoms with E-state index >= 15 is 0 Å². The van der Waals surface area contributed by atoms with Crippen molar-refractivity contribution in [1.29, 1.82) is 0 Å². The summed E-state index contributed by atoms with van der Waals surface area (Å²) in [5.74, 6) is 0.379. The summed E-state index contributed by atoms with van der Waals surface area (Å²) in [6, 6.07) is 12.4. The van der Waals surface area contributed by atoms with E-state index in [0.29, 0.717) is 5.92 Å². The number of halogens is 1. The second kappa shape index (κ2) is 5.57. The van der Waals surface area contributed by atoms with Gasteiger partial charge in [0.25, 0.3) is 0 Å². The summed E-state index contributed by atoms with van der Waals surface area (Å²) >= 11 is 6.54. The molecule has 3 heteroatoms. The summed E-state index contributed by atoms with van der Waals surface area (Å²) in [7, 11) is 1.99.